The Bertz CT molecular complexity index is 412. The molecule has 0 aliphatic rings. The van der Waals surface area contributed by atoms with Gasteiger partial charge >= 0.3 is 5.65 Å². The molecule has 62 valence electrons. The second kappa shape index (κ2) is 2.44. The SMILES string of the molecule is CO[n+]1cc(F)cc2cn[nH]c21. The Morgan fingerprint density at radius 2 is 2.50 bits per heavy atom. The third-order valence-electron chi connectivity index (χ3n) is 1.60. The van der Waals surface area contributed by atoms with Crippen LogP contribution < -0.4 is 9.57 Å². The highest BCUT2D eigenvalue weighted by atomic mass is 19.1. The number of H-pyrrole nitrogens is 1. The van der Waals surface area contributed by atoms with Gasteiger partial charge in [-0.05, 0) is 10.8 Å². The van der Waals surface area contributed by atoms with Crippen LogP contribution in [0.1, 0.15) is 0 Å². The van der Waals surface area contributed by atoms with Crippen LogP contribution in [0, 0.1) is 5.82 Å². The van der Waals surface area contributed by atoms with Crippen molar-refractivity contribution in [3.8, 4) is 0 Å². The number of fused-ring (bicyclic) bond motifs is 1. The number of pyridine rings is 1. The van der Waals surface area contributed by atoms with Crippen molar-refractivity contribution in [2.75, 3.05) is 7.11 Å². The lowest BCUT2D eigenvalue weighted by molar-refractivity contribution is -0.867. The van der Waals surface area contributed by atoms with Crippen molar-refractivity contribution < 1.29 is 14.0 Å². The van der Waals surface area contributed by atoms with Gasteiger partial charge in [-0.1, -0.05) is 5.10 Å². The minimum Gasteiger partial charge on any atom is -0.339 e. The molecule has 2 rings (SSSR count). The molecule has 0 aliphatic heterocycles. The number of halogens is 1. The zero-order chi connectivity index (χ0) is 8.55. The van der Waals surface area contributed by atoms with Gasteiger partial charge in [0.2, 0.25) is 0 Å². The molecular weight excluding hydrogens is 161 g/mol. The molecule has 0 saturated carbocycles. The number of nitrogens with zero attached hydrogens (tertiary/aromatic N) is 2. The summed E-state index contributed by atoms with van der Waals surface area (Å²) in [6.45, 7) is 0. The van der Waals surface area contributed by atoms with E-state index < -0.39 is 0 Å². The van der Waals surface area contributed by atoms with E-state index in [0.29, 0.717) is 11.0 Å². The van der Waals surface area contributed by atoms with E-state index in [1.807, 2.05) is 0 Å². The number of nitrogens with one attached hydrogen (secondary N) is 1. The first-order valence-electron chi connectivity index (χ1n) is 3.40. The van der Waals surface area contributed by atoms with Crippen LogP contribution in [-0.2, 0) is 0 Å². The fourth-order valence-electron chi connectivity index (χ4n) is 1.08. The quantitative estimate of drug-likeness (QED) is 0.611. The van der Waals surface area contributed by atoms with E-state index in [2.05, 4.69) is 10.2 Å². The molecule has 4 nitrogen and oxygen atoms in total. The average Bonchev–Trinajstić information content (AvgIpc) is 2.50. The summed E-state index contributed by atoms with van der Waals surface area (Å²) in [5.74, 6) is -0.356. The summed E-state index contributed by atoms with van der Waals surface area (Å²) in [6, 6.07) is 1.38. The van der Waals surface area contributed by atoms with Gasteiger partial charge in [0, 0.05) is 0 Å². The summed E-state index contributed by atoms with van der Waals surface area (Å²) in [5, 5.41) is 7.12. The molecule has 2 aromatic heterocycles. The Kier molecular flexibility index (Phi) is 1.43. The van der Waals surface area contributed by atoms with Crippen molar-refractivity contribution in [1.29, 1.82) is 0 Å². The second-order valence-electron chi connectivity index (χ2n) is 2.34. The lowest BCUT2D eigenvalue weighted by Gasteiger charge is -1.95. The van der Waals surface area contributed by atoms with Crippen LogP contribution in [0.5, 0.6) is 0 Å². The summed E-state index contributed by atoms with van der Waals surface area (Å²) in [4.78, 5) is 4.87. The maximum atomic E-state index is 12.8. The number of aromatic nitrogens is 3. The van der Waals surface area contributed by atoms with E-state index in [1.165, 1.54) is 30.3 Å². The maximum absolute atomic E-state index is 12.8. The lowest BCUT2D eigenvalue weighted by Crippen LogP contribution is -2.41. The minimum atomic E-state index is -0.356. The molecule has 1 N–H and O–H groups in total. The van der Waals surface area contributed by atoms with Gasteiger partial charge in [0.25, 0.3) is 0 Å². The normalized spacial score (nSPS) is 10.5. The highest BCUT2D eigenvalue weighted by Gasteiger charge is 2.11. The molecule has 0 atom stereocenters. The Hall–Kier alpha value is -1.65. The van der Waals surface area contributed by atoms with Crippen molar-refractivity contribution in [3.63, 3.8) is 0 Å². The average molecular weight is 168 g/mol. The van der Waals surface area contributed by atoms with Crippen LogP contribution in [-0.4, -0.2) is 17.3 Å². The third kappa shape index (κ3) is 0.903. The smallest absolute Gasteiger partial charge is 0.339 e. The summed E-state index contributed by atoms with van der Waals surface area (Å²) < 4.78 is 14.1. The molecule has 0 saturated heterocycles. The highest BCUT2D eigenvalue weighted by Crippen LogP contribution is 2.05. The molecule has 0 aliphatic carbocycles. The summed E-state index contributed by atoms with van der Waals surface area (Å²) in [6.07, 6.45) is 2.77. The molecule has 2 aromatic rings. The van der Waals surface area contributed by atoms with E-state index in [9.17, 15) is 4.39 Å². The van der Waals surface area contributed by atoms with Gasteiger partial charge in [0.15, 0.2) is 12.0 Å². The Morgan fingerprint density at radius 3 is 3.25 bits per heavy atom. The molecule has 0 radical (unpaired) electrons. The number of hydrogen-bond acceptors (Lipinski definition) is 2. The number of aromatic amines is 1. The van der Waals surface area contributed by atoms with E-state index in [4.69, 9.17) is 4.84 Å². The predicted molar refractivity (Wildman–Crippen MR) is 38.8 cm³/mol. The molecule has 0 amide bonds. The third-order valence-corrected chi connectivity index (χ3v) is 1.60. The first kappa shape index (κ1) is 7.02. The van der Waals surface area contributed by atoms with Crippen LogP contribution in [0.25, 0.3) is 11.0 Å². The number of hydrogen-bond donors (Lipinski definition) is 1. The molecule has 0 aromatic carbocycles. The predicted octanol–water partition coefficient (Wildman–Crippen LogP) is 0.0479. The molecule has 0 unspecified atom stereocenters. The molecule has 0 spiro atoms. The Morgan fingerprint density at radius 1 is 1.67 bits per heavy atom. The number of rotatable bonds is 1. The zero-order valence-corrected chi connectivity index (χ0v) is 6.41. The van der Waals surface area contributed by atoms with Crippen molar-refractivity contribution in [1.82, 2.24) is 10.2 Å². The summed E-state index contributed by atoms with van der Waals surface area (Å²) >= 11 is 0. The van der Waals surface area contributed by atoms with Gasteiger partial charge < -0.3 is 4.84 Å². The van der Waals surface area contributed by atoms with Gasteiger partial charge in [-0.15, -0.1) is 5.10 Å². The van der Waals surface area contributed by atoms with Gasteiger partial charge in [-0.25, -0.2) is 4.39 Å². The largest absolute Gasteiger partial charge is 0.348 e. The first-order valence-corrected chi connectivity index (χ1v) is 3.40. The van der Waals surface area contributed by atoms with Gasteiger partial charge in [-0.3, -0.25) is 0 Å². The second-order valence-corrected chi connectivity index (χ2v) is 2.34. The summed E-state index contributed by atoms with van der Waals surface area (Å²) in [5.41, 5.74) is 0.638. The van der Waals surface area contributed by atoms with Crippen LogP contribution >= 0.6 is 0 Å². The fourth-order valence-corrected chi connectivity index (χ4v) is 1.08. The van der Waals surface area contributed by atoms with Crippen LogP contribution in [0.15, 0.2) is 18.5 Å². The molecule has 5 heteroatoms. The van der Waals surface area contributed by atoms with E-state index in [0.717, 1.165) is 0 Å². The Balaban J connectivity index is 2.80. The van der Waals surface area contributed by atoms with Gasteiger partial charge in [-0.2, -0.15) is 0 Å². The van der Waals surface area contributed by atoms with Crippen LogP contribution in [0.3, 0.4) is 0 Å². The van der Waals surface area contributed by atoms with Crippen molar-refractivity contribution in [2.45, 2.75) is 0 Å². The van der Waals surface area contributed by atoms with Crippen LogP contribution in [0.4, 0.5) is 4.39 Å². The van der Waals surface area contributed by atoms with E-state index >= 15 is 0 Å². The lowest BCUT2D eigenvalue weighted by atomic mass is 10.3. The van der Waals surface area contributed by atoms with E-state index in [1.54, 1.807) is 0 Å². The topological polar surface area (TPSA) is 41.8 Å². The van der Waals surface area contributed by atoms with Crippen molar-refractivity contribution >= 4 is 11.0 Å². The highest BCUT2D eigenvalue weighted by molar-refractivity contribution is 5.70. The standard InChI is InChI=1S/C7H6FN3O/c1-12-11-4-6(8)2-5-3-9-10-7(5)11/h2-4H,1H3/p+1. The molecule has 0 bridgehead atoms. The van der Waals surface area contributed by atoms with E-state index in [-0.39, 0.29) is 5.82 Å². The van der Waals surface area contributed by atoms with Crippen LogP contribution in [0.2, 0.25) is 0 Å². The Labute approximate surface area is 67.5 Å². The first-order chi connectivity index (χ1) is 5.81. The molecule has 12 heavy (non-hydrogen) atoms. The molecule has 2 heterocycles. The monoisotopic (exact) mass is 168 g/mol. The van der Waals surface area contributed by atoms with Gasteiger partial charge in [0.05, 0.1) is 11.6 Å². The van der Waals surface area contributed by atoms with Crippen molar-refractivity contribution in [3.05, 3.63) is 24.3 Å². The maximum Gasteiger partial charge on any atom is 0.348 e. The fraction of sp³-hybridized carbons (Fsp3) is 0.143. The zero-order valence-electron chi connectivity index (χ0n) is 6.41. The minimum absolute atomic E-state index is 0.356. The van der Waals surface area contributed by atoms with Gasteiger partial charge in [0.1, 0.15) is 7.11 Å². The van der Waals surface area contributed by atoms with Crippen molar-refractivity contribution in [2.24, 2.45) is 0 Å². The molecule has 0 fully saturated rings. The summed E-state index contributed by atoms with van der Waals surface area (Å²) in [7, 11) is 1.46. The molecular formula is C7H7FN3O+.